The van der Waals surface area contributed by atoms with Crippen LogP contribution in [0.25, 0.3) is 0 Å². The van der Waals surface area contributed by atoms with E-state index < -0.39 is 0 Å². The molecule has 0 atom stereocenters. The number of nitrogens with one attached hydrogen (secondary N) is 1. The van der Waals surface area contributed by atoms with Crippen molar-refractivity contribution in [2.75, 3.05) is 5.32 Å². The van der Waals surface area contributed by atoms with Gasteiger partial charge in [-0.05, 0) is 37.3 Å². The fourth-order valence-corrected chi connectivity index (χ4v) is 1.96. The molecule has 0 aliphatic carbocycles. The maximum Gasteiger partial charge on any atom is 0.255 e. The summed E-state index contributed by atoms with van der Waals surface area (Å²) in [4.78, 5) is 16.1. The van der Waals surface area contributed by atoms with Crippen LogP contribution in [-0.2, 0) is 0 Å². The van der Waals surface area contributed by atoms with E-state index in [-0.39, 0.29) is 5.91 Å². The molecule has 4 nitrogen and oxygen atoms in total. The van der Waals surface area contributed by atoms with E-state index in [4.69, 9.17) is 5.26 Å². The number of hydrogen-bond acceptors (Lipinski definition) is 3. The molecule has 0 radical (unpaired) electrons. The lowest BCUT2D eigenvalue weighted by molar-refractivity contribution is 0.102. The van der Waals surface area contributed by atoms with Gasteiger partial charge in [0, 0.05) is 21.9 Å². The van der Waals surface area contributed by atoms with Gasteiger partial charge in [0.05, 0.1) is 11.3 Å². The molecule has 1 aromatic carbocycles. The number of amides is 1. The number of nitrogens with zero attached hydrogens (tertiary/aromatic N) is 2. The number of anilines is 1. The molecule has 2 rings (SSSR count). The Morgan fingerprint density at radius 2 is 2.16 bits per heavy atom. The number of halogens is 1. The number of hydrogen-bond donors (Lipinski definition) is 1. The fraction of sp³-hybridized carbons (Fsp3) is 0.0714. The van der Waals surface area contributed by atoms with Crippen molar-refractivity contribution < 1.29 is 4.79 Å². The molecule has 1 heterocycles. The summed E-state index contributed by atoms with van der Waals surface area (Å²) in [6.07, 6.45) is 1.58. The predicted octanol–water partition coefficient (Wildman–Crippen LogP) is 3.28. The number of rotatable bonds is 2. The number of carbonyl (C=O) groups excluding carboxylic acids is 1. The zero-order valence-electron chi connectivity index (χ0n) is 10.1. The van der Waals surface area contributed by atoms with Gasteiger partial charge < -0.3 is 5.32 Å². The highest BCUT2D eigenvalue weighted by molar-refractivity contribution is 9.10. The van der Waals surface area contributed by atoms with Crippen LogP contribution in [0.1, 0.15) is 21.6 Å². The Bertz CT molecular complexity index is 677. The van der Waals surface area contributed by atoms with Crippen molar-refractivity contribution in [2.45, 2.75) is 6.92 Å². The van der Waals surface area contributed by atoms with E-state index in [2.05, 4.69) is 26.2 Å². The van der Waals surface area contributed by atoms with Crippen LogP contribution >= 0.6 is 15.9 Å². The first-order valence-corrected chi connectivity index (χ1v) is 6.33. The lowest BCUT2D eigenvalue weighted by Crippen LogP contribution is -2.13. The van der Waals surface area contributed by atoms with Gasteiger partial charge in [-0.3, -0.25) is 9.78 Å². The molecule has 0 saturated carbocycles. The van der Waals surface area contributed by atoms with Crippen LogP contribution in [0.2, 0.25) is 0 Å². The van der Waals surface area contributed by atoms with Crippen molar-refractivity contribution in [3.63, 3.8) is 0 Å². The van der Waals surface area contributed by atoms with Crippen LogP contribution in [0.3, 0.4) is 0 Å². The quantitative estimate of drug-likeness (QED) is 0.924. The van der Waals surface area contributed by atoms with Gasteiger partial charge in [0.25, 0.3) is 5.91 Å². The molecule has 19 heavy (non-hydrogen) atoms. The largest absolute Gasteiger partial charge is 0.321 e. The maximum absolute atomic E-state index is 12.1. The molecule has 94 valence electrons. The Kier molecular flexibility index (Phi) is 3.93. The Morgan fingerprint density at radius 3 is 2.84 bits per heavy atom. The summed E-state index contributed by atoms with van der Waals surface area (Å²) < 4.78 is 0.793. The normalized spacial score (nSPS) is 9.74. The summed E-state index contributed by atoms with van der Waals surface area (Å²) in [6.45, 7) is 1.82. The number of carbonyl (C=O) groups is 1. The molecule has 0 bridgehead atoms. The van der Waals surface area contributed by atoms with E-state index in [9.17, 15) is 4.79 Å². The Labute approximate surface area is 119 Å². The third-order valence-electron chi connectivity index (χ3n) is 2.51. The monoisotopic (exact) mass is 315 g/mol. The van der Waals surface area contributed by atoms with Crippen LogP contribution in [0.15, 0.2) is 41.0 Å². The maximum atomic E-state index is 12.1. The van der Waals surface area contributed by atoms with E-state index in [0.717, 1.165) is 10.2 Å². The minimum atomic E-state index is -0.260. The molecule has 2 aromatic rings. The standard InChI is InChI=1S/C14H10BrN3O/c1-9-6-10(4-5-17-9)14(19)18-13-3-2-12(15)7-11(13)8-16/h2-7H,1H3,(H,18,19). The van der Waals surface area contributed by atoms with Crippen molar-refractivity contribution in [2.24, 2.45) is 0 Å². The average molecular weight is 316 g/mol. The topological polar surface area (TPSA) is 65.8 Å². The second kappa shape index (κ2) is 5.63. The van der Waals surface area contributed by atoms with E-state index in [1.807, 2.05) is 13.0 Å². The van der Waals surface area contributed by atoms with Gasteiger partial charge in [0.15, 0.2) is 0 Å². The molecule has 0 spiro atoms. The van der Waals surface area contributed by atoms with E-state index in [1.54, 1.807) is 36.5 Å². The van der Waals surface area contributed by atoms with Crippen molar-refractivity contribution in [3.8, 4) is 6.07 Å². The number of aryl methyl sites for hydroxylation is 1. The summed E-state index contributed by atoms with van der Waals surface area (Å²) in [5.41, 5.74) is 2.18. The highest BCUT2D eigenvalue weighted by atomic mass is 79.9. The van der Waals surface area contributed by atoms with E-state index >= 15 is 0 Å². The SMILES string of the molecule is Cc1cc(C(=O)Nc2ccc(Br)cc2C#N)ccn1. The molecule has 1 N–H and O–H groups in total. The second-order valence-electron chi connectivity index (χ2n) is 3.94. The predicted molar refractivity (Wildman–Crippen MR) is 75.8 cm³/mol. The van der Waals surface area contributed by atoms with Gasteiger partial charge in [0.2, 0.25) is 0 Å². The molecule has 5 heteroatoms. The first-order valence-electron chi connectivity index (χ1n) is 5.54. The Balaban J connectivity index is 2.27. The van der Waals surface area contributed by atoms with Crippen LogP contribution in [0.5, 0.6) is 0 Å². The van der Waals surface area contributed by atoms with Crippen molar-refractivity contribution in [3.05, 3.63) is 57.8 Å². The third kappa shape index (κ3) is 3.18. The van der Waals surface area contributed by atoms with Crippen LogP contribution in [-0.4, -0.2) is 10.9 Å². The molecule has 0 saturated heterocycles. The summed E-state index contributed by atoms with van der Waals surface area (Å²) in [7, 11) is 0. The Morgan fingerprint density at radius 1 is 1.37 bits per heavy atom. The molecule has 0 unspecified atom stereocenters. The van der Waals surface area contributed by atoms with E-state index in [0.29, 0.717) is 16.8 Å². The Hall–Kier alpha value is -2.19. The van der Waals surface area contributed by atoms with Crippen molar-refractivity contribution >= 4 is 27.5 Å². The van der Waals surface area contributed by atoms with E-state index in [1.165, 1.54) is 0 Å². The van der Waals surface area contributed by atoms with Gasteiger partial charge in [0.1, 0.15) is 6.07 Å². The molecule has 1 amide bonds. The minimum Gasteiger partial charge on any atom is -0.321 e. The van der Waals surface area contributed by atoms with Gasteiger partial charge >= 0.3 is 0 Å². The summed E-state index contributed by atoms with van der Waals surface area (Å²) in [5, 5.41) is 11.8. The summed E-state index contributed by atoms with van der Waals surface area (Å²) in [5.74, 6) is -0.260. The van der Waals surface area contributed by atoms with Gasteiger partial charge in [-0.2, -0.15) is 5.26 Å². The fourth-order valence-electron chi connectivity index (χ4n) is 1.60. The minimum absolute atomic E-state index is 0.260. The van der Waals surface area contributed by atoms with Gasteiger partial charge in [-0.15, -0.1) is 0 Å². The smallest absolute Gasteiger partial charge is 0.255 e. The average Bonchev–Trinajstić information content (AvgIpc) is 2.40. The van der Waals surface area contributed by atoms with Crippen molar-refractivity contribution in [1.82, 2.24) is 4.98 Å². The molecule has 0 aliphatic rings. The molecule has 0 fully saturated rings. The number of nitriles is 1. The molecular formula is C14H10BrN3O. The van der Waals surface area contributed by atoms with Crippen LogP contribution in [0.4, 0.5) is 5.69 Å². The number of aromatic nitrogens is 1. The lowest BCUT2D eigenvalue weighted by atomic mass is 10.1. The summed E-state index contributed by atoms with van der Waals surface area (Å²) >= 11 is 3.29. The highest BCUT2D eigenvalue weighted by Gasteiger charge is 2.09. The third-order valence-corrected chi connectivity index (χ3v) is 3.00. The van der Waals surface area contributed by atoms with Crippen molar-refractivity contribution in [1.29, 1.82) is 5.26 Å². The van der Waals surface area contributed by atoms with Crippen LogP contribution < -0.4 is 5.32 Å². The van der Waals surface area contributed by atoms with Crippen LogP contribution in [0, 0.1) is 18.3 Å². The molecular weight excluding hydrogens is 306 g/mol. The summed E-state index contributed by atoms with van der Waals surface area (Å²) in [6, 6.07) is 10.5. The highest BCUT2D eigenvalue weighted by Crippen LogP contribution is 2.20. The molecule has 0 aliphatic heterocycles. The number of pyridine rings is 1. The zero-order valence-corrected chi connectivity index (χ0v) is 11.7. The van der Waals surface area contributed by atoms with Gasteiger partial charge in [-0.25, -0.2) is 0 Å². The molecule has 1 aromatic heterocycles. The number of benzene rings is 1. The van der Waals surface area contributed by atoms with Gasteiger partial charge in [-0.1, -0.05) is 15.9 Å². The lowest BCUT2D eigenvalue weighted by Gasteiger charge is -2.07. The zero-order chi connectivity index (χ0) is 13.8. The first kappa shape index (κ1) is 13.2. The second-order valence-corrected chi connectivity index (χ2v) is 4.86. The first-order chi connectivity index (χ1) is 9.10.